The van der Waals surface area contributed by atoms with Crippen molar-refractivity contribution in [1.82, 2.24) is 0 Å². The van der Waals surface area contributed by atoms with Gasteiger partial charge in [0.2, 0.25) is 0 Å². The number of hydrogen-bond acceptors (Lipinski definition) is 2. The van der Waals surface area contributed by atoms with Gasteiger partial charge in [0.05, 0.1) is 0 Å². The molecular formula is C24H28O2Se. The molecule has 1 heterocycles. The van der Waals surface area contributed by atoms with Crippen molar-refractivity contribution in [1.29, 1.82) is 0 Å². The van der Waals surface area contributed by atoms with E-state index in [9.17, 15) is 4.79 Å². The Morgan fingerprint density at radius 2 is 1.56 bits per heavy atom. The van der Waals surface area contributed by atoms with Gasteiger partial charge in [-0.3, -0.25) is 0 Å². The van der Waals surface area contributed by atoms with Crippen LogP contribution in [0.25, 0.3) is 0 Å². The molecule has 1 aliphatic carbocycles. The van der Waals surface area contributed by atoms with E-state index >= 15 is 0 Å². The minimum atomic E-state index is -0.00947. The zero-order valence-corrected chi connectivity index (χ0v) is 17.5. The van der Waals surface area contributed by atoms with E-state index in [2.05, 4.69) is 60.7 Å². The summed E-state index contributed by atoms with van der Waals surface area (Å²) in [6, 6.07) is 21.4. The summed E-state index contributed by atoms with van der Waals surface area (Å²) in [5.74, 6) is 1.46. The van der Waals surface area contributed by atoms with Crippen LogP contribution < -0.4 is 4.46 Å². The number of benzene rings is 2. The fourth-order valence-electron chi connectivity index (χ4n) is 4.90. The summed E-state index contributed by atoms with van der Waals surface area (Å²) in [4.78, 5) is 12.5. The summed E-state index contributed by atoms with van der Waals surface area (Å²) in [7, 11) is 0. The zero-order chi connectivity index (χ0) is 18.5. The molecule has 2 aromatic carbocycles. The van der Waals surface area contributed by atoms with Crippen LogP contribution in [0.4, 0.5) is 0 Å². The third-order valence-electron chi connectivity index (χ3n) is 6.14. The first kappa shape index (κ1) is 18.8. The number of rotatable bonds is 5. The standard InChI is InChI=1S/C24H28O2Se/c25-23-16-21(18-10-4-1-5-11-18)24(19-12-6-2-7-13-19)22(26-23)17-27-20-14-8-3-9-15-20/h1,3-5,8-11,14-15,19,21-22,24H,2,6-7,12-13,16-17H2/t21-,22+,24-/m0/s1. The number of ether oxygens (including phenoxy) is 1. The van der Waals surface area contributed by atoms with Crippen molar-refractivity contribution in [3.63, 3.8) is 0 Å². The first-order valence-electron chi connectivity index (χ1n) is 10.2. The van der Waals surface area contributed by atoms with Crippen LogP contribution in [0.2, 0.25) is 5.32 Å². The van der Waals surface area contributed by atoms with E-state index in [1.807, 2.05) is 0 Å². The summed E-state index contributed by atoms with van der Waals surface area (Å²) >= 11 is 0.345. The second-order valence-corrected chi connectivity index (χ2v) is 10.1. The van der Waals surface area contributed by atoms with Crippen LogP contribution in [0, 0.1) is 11.8 Å². The topological polar surface area (TPSA) is 26.3 Å². The number of carbonyl (C=O) groups is 1. The first-order chi connectivity index (χ1) is 13.3. The average Bonchev–Trinajstić information content (AvgIpc) is 2.74. The molecular weight excluding hydrogens is 399 g/mol. The van der Waals surface area contributed by atoms with Crippen molar-refractivity contribution in [3.8, 4) is 0 Å². The van der Waals surface area contributed by atoms with Gasteiger partial charge in [-0.25, -0.2) is 0 Å². The van der Waals surface area contributed by atoms with E-state index in [0.29, 0.717) is 39.1 Å². The average molecular weight is 427 g/mol. The van der Waals surface area contributed by atoms with Crippen molar-refractivity contribution in [2.75, 3.05) is 0 Å². The van der Waals surface area contributed by atoms with Crippen LogP contribution >= 0.6 is 0 Å². The van der Waals surface area contributed by atoms with E-state index < -0.39 is 0 Å². The SMILES string of the molecule is O=C1C[C@@H](c2ccccc2)[C@H](C2CCCCC2)[C@@H](C[Se]c2ccccc2)O1. The van der Waals surface area contributed by atoms with E-state index in [1.54, 1.807) is 0 Å². The molecule has 1 saturated carbocycles. The normalized spacial score (nSPS) is 26.5. The van der Waals surface area contributed by atoms with E-state index in [-0.39, 0.29) is 12.1 Å². The van der Waals surface area contributed by atoms with Crippen LogP contribution in [0.5, 0.6) is 0 Å². The molecule has 2 aliphatic rings. The molecule has 2 fully saturated rings. The molecule has 0 bridgehead atoms. The summed E-state index contributed by atoms with van der Waals surface area (Å²) in [5.41, 5.74) is 1.32. The third kappa shape index (κ3) is 4.65. The van der Waals surface area contributed by atoms with Crippen molar-refractivity contribution >= 4 is 25.4 Å². The second-order valence-electron chi connectivity index (χ2n) is 7.85. The van der Waals surface area contributed by atoms with Gasteiger partial charge in [0, 0.05) is 0 Å². The monoisotopic (exact) mass is 428 g/mol. The number of hydrogen-bond donors (Lipinski definition) is 0. The number of cyclic esters (lactones) is 1. The molecule has 3 atom stereocenters. The van der Waals surface area contributed by atoms with Crippen LogP contribution in [0.15, 0.2) is 60.7 Å². The van der Waals surface area contributed by atoms with Gasteiger partial charge in [-0.1, -0.05) is 0 Å². The van der Waals surface area contributed by atoms with E-state index in [1.165, 1.54) is 42.1 Å². The van der Waals surface area contributed by atoms with Crippen LogP contribution in [0.1, 0.15) is 50.0 Å². The Labute approximate surface area is 168 Å². The van der Waals surface area contributed by atoms with Gasteiger partial charge in [-0.05, 0) is 0 Å². The molecule has 0 radical (unpaired) electrons. The molecule has 0 aromatic heterocycles. The van der Waals surface area contributed by atoms with Crippen molar-refractivity contribution in [2.45, 2.75) is 55.9 Å². The zero-order valence-electron chi connectivity index (χ0n) is 15.8. The van der Waals surface area contributed by atoms with Crippen LogP contribution in [-0.2, 0) is 9.53 Å². The maximum absolute atomic E-state index is 12.5. The van der Waals surface area contributed by atoms with E-state index in [4.69, 9.17) is 4.74 Å². The van der Waals surface area contributed by atoms with Gasteiger partial charge in [-0.2, -0.15) is 0 Å². The second kappa shape index (κ2) is 9.08. The van der Waals surface area contributed by atoms with Gasteiger partial charge in [0.1, 0.15) is 0 Å². The van der Waals surface area contributed by atoms with Gasteiger partial charge in [-0.15, -0.1) is 0 Å². The minimum absolute atomic E-state index is 0.00947. The summed E-state index contributed by atoms with van der Waals surface area (Å²) in [6.07, 6.45) is 7.21. The fourth-order valence-corrected chi connectivity index (χ4v) is 6.99. The Morgan fingerprint density at radius 3 is 2.26 bits per heavy atom. The predicted molar refractivity (Wildman–Crippen MR) is 110 cm³/mol. The summed E-state index contributed by atoms with van der Waals surface area (Å²) < 4.78 is 7.40. The molecule has 0 N–H and O–H groups in total. The van der Waals surface area contributed by atoms with Gasteiger partial charge in [0.15, 0.2) is 0 Å². The Bertz CT molecular complexity index is 725. The van der Waals surface area contributed by atoms with Gasteiger partial charge < -0.3 is 0 Å². The van der Waals surface area contributed by atoms with Crippen LogP contribution in [-0.4, -0.2) is 27.0 Å². The summed E-state index contributed by atoms with van der Waals surface area (Å²) in [5, 5.41) is 0.993. The molecule has 4 rings (SSSR count). The van der Waals surface area contributed by atoms with Crippen molar-refractivity contribution in [3.05, 3.63) is 66.2 Å². The molecule has 2 nitrogen and oxygen atoms in total. The Hall–Kier alpha value is -1.57. The fraction of sp³-hybridized carbons (Fsp3) is 0.458. The van der Waals surface area contributed by atoms with Gasteiger partial charge >= 0.3 is 169 Å². The van der Waals surface area contributed by atoms with Crippen LogP contribution in [0.3, 0.4) is 0 Å². The first-order valence-corrected chi connectivity index (χ1v) is 12.3. The quantitative estimate of drug-likeness (QED) is 0.510. The van der Waals surface area contributed by atoms with E-state index in [0.717, 1.165) is 5.32 Å². The van der Waals surface area contributed by atoms with Gasteiger partial charge in [0.25, 0.3) is 0 Å². The molecule has 0 spiro atoms. The number of carbonyl (C=O) groups excluding carboxylic acids is 1. The molecule has 142 valence electrons. The third-order valence-corrected chi connectivity index (χ3v) is 8.45. The Morgan fingerprint density at radius 1 is 0.889 bits per heavy atom. The molecule has 0 unspecified atom stereocenters. The summed E-state index contributed by atoms with van der Waals surface area (Å²) in [6.45, 7) is 0. The molecule has 1 aliphatic heterocycles. The molecule has 3 heteroatoms. The molecule has 0 amide bonds. The molecule has 1 saturated heterocycles. The van der Waals surface area contributed by atoms with Crippen molar-refractivity contribution in [2.24, 2.45) is 11.8 Å². The predicted octanol–water partition coefficient (Wildman–Crippen LogP) is 4.73. The maximum atomic E-state index is 12.5. The Balaban J connectivity index is 1.58. The Kier molecular flexibility index (Phi) is 6.32. The van der Waals surface area contributed by atoms with Crippen molar-refractivity contribution < 1.29 is 9.53 Å². The molecule has 27 heavy (non-hydrogen) atoms. The number of esters is 1. The molecule has 2 aromatic rings.